The lowest BCUT2D eigenvalue weighted by atomic mass is 10.1. The number of nitrogens with one attached hydrogen (secondary N) is 2. The third kappa shape index (κ3) is 7.36. The Balaban J connectivity index is 1.52. The van der Waals surface area contributed by atoms with E-state index < -0.39 is 0 Å². The van der Waals surface area contributed by atoms with Gasteiger partial charge in [0.15, 0.2) is 0 Å². The first-order valence-electron chi connectivity index (χ1n) is 13.3. The normalized spacial score (nSPS) is 14.4. The lowest BCUT2D eigenvalue weighted by Gasteiger charge is -2.30. The van der Waals surface area contributed by atoms with Gasteiger partial charge in [0.25, 0.3) is 0 Å². The quantitative estimate of drug-likeness (QED) is 0.351. The maximum absolute atomic E-state index is 13.6. The van der Waals surface area contributed by atoms with E-state index in [0.29, 0.717) is 35.9 Å². The summed E-state index contributed by atoms with van der Waals surface area (Å²) in [5, 5.41) is 11.0. The van der Waals surface area contributed by atoms with Crippen molar-refractivity contribution in [3.63, 3.8) is 0 Å². The minimum atomic E-state index is -0.154. The third-order valence-electron chi connectivity index (χ3n) is 7.02. The van der Waals surface area contributed by atoms with Gasteiger partial charge >= 0.3 is 0 Å². The molecule has 1 heterocycles. The number of likely N-dealkylation sites (N-methyl/N-ethyl adjacent to an activating group) is 1. The van der Waals surface area contributed by atoms with Crippen LogP contribution in [0.1, 0.15) is 36.4 Å². The number of carbonyl (C=O) groups is 2. The molecule has 0 spiro atoms. The molecular weight excluding hydrogens is 516 g/mol. The predicted octanol–water partition coefficient (Wildman–Crippen LogP) is 3.55. The summed E-state index contributed by atoms with van der Waals surface area (Å²) in [5.41, 5.74) is 4.86. The molecule has 1 unspecified atom stereocenters. The molecule has 1 aliphatic rings. The van der Waals surface area contributed by atoms with Crippen LogP contribution >= 0.6 is 11.6 Å². The van der Waals surface area contributed by atoms with Gasteiger partial charge in [0.05, 0.1) is 13.1 Å². The lowest BCUT2D eigenvalue weighted by Crippen LogP contribution is -2.47. The van der Waals surface area contributed by atoms with Crippen molar-refractivity contribution in [1.29, 1.82) is 0 Å². The molecule has 208 valence electrons. The number of halogens is 1. The molecule has 0 bridgehead atoms. The van der Waals surface area contributed by atoms with Crippen molar-refractivity contribution in [2.45, 2.75) is 52.6 Å². The average Bonchev–Trinajstić information content (AvgIpc) is 3.51. The van der Waals surface area contributed by atoms with Crippen molar-refractivity contribution >= 4 is 29.1 Å². The molecular formula is C29H37ClN6O3. The summed E-state index contributed by atoms with van der Waals surface area (Å²) in [4.78, 5) is 34.5. The second-order valence-electron chi connectivity index (χ2n) is 10.4. The highest BCUT2D eigenvalue weighted by Gasteiger charge is 2.29. The van der Waals surface area contributed by atoms with Gasteiger partial charge in [-0.25, -0.2) is 0 Å². The molecule has 39 heavy (non-hydrogen) atoms. The number of benzene rings is 2. The van der Waals surface area contributed by atoms with Crippen molar-refractivity contribution in [1.82, 2.24) is 25.7 Å². The highest BCUT2D eigenvalue weighted by atomic mass is 35.5. The zero-order chi connectivity index (χ0) is 28.1. The number of aromatic nitrogens is 2. The van der Waals surface area contributed by atoms with Crippen LogP contribution in [0.15, 0.2) is 40.9 Å². The zero-order valence-corrected chi connectivity index (χ0v) is 24.0. The van der Waals surface area contributed by atoms with E-state index >= 15 is 0 Å². The molecule has 0 fully saturated rings. The van der Waals surface area contributed by atoms with E-state index in [2.05, 4.69) is 34.6 Å². The molecule has 10 heteroatoms. The summed E-state index contributed by atoms with van der Waals surface area (Å²) in [6.07, 6.45) is 1.54. The van der Waals surface area contributed by atoms with E-state index in [1.807, 2.05) is 55.3 Å². The number of fused-ring (bicyclic) bond motifs is 1. The summed E-state index contributed by atoms with van der Waals surface area (Å²) in [6.45, 7) is 9.08. The molecule has 1 aliphatic carbocycles. The third-order valence-corrected chi connectivity index (χ3v) is 7.25. The van der Waals surface area contributed by atoms with Gasteiger partial charge < -0.3 is 25.0 Å². The van der Waals surface area contributed by atoms with Gasteiger partial charge in [-0.2, -0.15) is 4.98 Å². The number of anilines is 1. The minimum absolute atomic E-state index is 0.0390. The van der Waals surface area contributed by atoms with Crippen LogP contribution < -0.4 is 15.5 Å². The van der Waals surface area contributed by atoms with Crippen LogP contribution in [0, 0.1) is 13.8 Å². The van der Waals surface area contributed by atoms with E-state index in [9.17, 15) is 9.59 Å². The monoisotopic (exact) mass is 552 g/mol. The predicted molar refractivity (Wildman–Crippen MR) is 153 cm³/mol. The van der Waals surface area contributed by atoms with Crippen molar-refractivity contribution in [3.05, 3.63) is 64.0 Å². The molecule has 9 nitrogen and oxygen atoms in total. The first-order valence-corrected chi connectivity index (χ1v) is 13.7. The largest absolute Gasteiger partial charge is 0.353 e. The van der Waals surface area contributed by atoms with Crippen molar-refractivity contribution in [2.75, 3.05) is 38.1 Å². The maximum Gasteiger partial charge on any atom is 0.242 e. The molecule has 0 radical (unpaired) electrons. The molecule has 4 rings (SSSR count). The SMILES string of the molecule is Cc1nc(-c2ccc(C)c(N(CC(=O)NCCNC(C)C)CC(=O)N(C)C3Cc4ccc(Cl)cc4C3)c2)no1. The number of nitrogens with zero attached hydrogens (tertiary/aromatic N) is 4. The topological polar surface area (TPSA) is 104 Å². The molecule has 2 amide bonds. The maximum atomic E-state index is 13.6. The molecule has 3 aromatic rings. The summed E-state index contributed by atoms with van der Waals surface area (Å²) in [6, 6.07) is 12.1. The molecule has 1 atom stereocenters. The van der Waals surface area contributed by atoms with E-state index in [4.69, 9.17) is 16.1 Å². The molecule has 2 aromatic carbocycles. The van der Waals surface area contributed by atoms with Crippen LogP contribution in [-0.2, 0) is 22.4 Å². The number of carbonyl (C=O) groups excluding carboxylic acids is 2. The van der Waals surface area contributed by atoms with Crippen LogP contribution in [0.25, 0.3) is 11.4 Å². The Morgan fingerprint density at radius 3 is 2.56 bits per heavy atom. The summed E-state index contributed by atoms with van der Waals surface area (Å²) in [7, 11) is 1.84. The van der Waals surface area contributed by atoms with Gasteiger partial charge in [0.2, 0.25) is 23.5 Å². The number of aryl methyl sites for hydroxylation is 2. The standard InChI is InChI=1S/C29H37ClN6O3/c1-18(2)31-10-11-32-27(37)16-36(26-15-22(7-6-19(26)3)29-33-20(4)39-34-29)17-28(38)35(5)25-13-21-8-9-24(30)12-23(21)14-25/h6-9,12,15,18,25,31H,10-11,13-14,16-17H2,1-5H3,(H,32,37). The van der Waals surface area contributed by atoms with E-state index in [0.717, 1.165) is 29.7 Å². The van der Waals surface area contributed by atoms with E-state index in [-0.39, 0.29) is 30.9 Å². The van der Waals surface area contributed by atoms with Crippen LogP contribution in [0.2, 0.25) is 5.02 Å². The highest BCUT2D eigenvalue weighted by Crippen LogP contribution is 2.29. The Labute approximate surface area is 234 Å². The van der Waals surface area contributed by atoms with Gasteiger partial charge in [0.1, 0.15) is 0 Å². The van der Waals surface area contributed by atoms with Crippen molar-refractivity contribution < 1.29 is 14.1 Å². The van der Waals surface area contributed by atoms with Crippen LogP contribution in [0.4, 0.5) is 5.69 Å². The first-order chi connectivity index (χ1) is 18.6. The van der Waals surface area contributed by atoms with Crippen LogP contribution in [-0.4, -0.2) is 72.2 Å². The fourth-order valence-electron chi connectivity index (χ4n) is 4.84. The molecule has 0 saturated carbocycles. The number of rotatable bonds is 11. The Morgan fingerprint density at radius 2 is 1.85 bits per heavy atom. The average molecular weight is 553 g/mol. The number of amides is 2. The summed E-state index contributed by atoms with van der Waals surface area (Å²) in [5.74, 6) is 0.713. The van der Waals surface area contributed by atoms with Gasteiger partial charge in [-0.15, -0.1) is 0 Å². The number of hydrogen-bond acceptors (Lipinski definition) is 7. The fraction of sp³-hybridized carbons (Fsp3) is 0.448. The number of hydrogen-bond donors (Lipinski definition) is 2. The Kier molecular flexibility index (Phi) is 9.24. The minimum Gasteiger partial charge on any atom is -0.353 e. The summed E-state index contributed by atoms with van der Waals surface area (Å²) < 4.78 is 5.16. The Hall–Kier alpha value is -3.43. The smallest absolute Gasteiger partial charge is 0.242 e. The van der Waals surface area contributed by atoms with Crippen LogP contribution in [0.5, 0.6) is 0 Å². The van der Waals surface area contributed by atoms with E-state index in [1.165, 1.54) is 11.1 Å². The second kappa shape index (κ2) is 12.6. The van der Waals surface area contributed by atoms with Gasteiger partial charge in [0, 0.05) is 55.4 Å². The van der Waals surface area contributed by atoms with Crippen LogP contribution in [0.3, 0.4) is 0 Å². The second-order valence-corrected chi connectivity index (χ2v) is 10.9. The zero-order valence-electron chi connectivity index (χ0n) is 23.3. The van der Waals surface area contributed by atoms with Crippen molar-refractivity contribution in [2.24, 2.45) is 0 Å². The van der Waals surface area contributed by atoms with Crippen molar-refractivity contribution in [3.8, 4) is 11.4 Å². The first kappa shape index (κ1) is 28.6. The molecule has 0 saturated heterocycles. The molecule has 2 N–H and O–H groups in total. The lowest BCUT2D eigenvalue weighted by molar-refractivity contribution is -0.130. The highest BCUT2D eigenvalue weighted by molar-refractivity contribution is 6.30. The Bertz CT molecular complexity index is 1320. The molecule has 0 aliphatic heterocycles. The fourth-order valence-corrected chi connectivity index (χ4v) is 5.03. The van der Waals surface area contributed by atoms with Gasteiger partial charge in [-0.1, -0.05) is 48.8 Å². The van der Waals surface area contributed by atoms with E-state index in [1.54, 1.807) is 11.8 Å². The summed E-state index contributed by atoms with van der Waals surface area (Å²) >= 11 is 6.19. The Morgan fingerprint density at radius 1 is 1.08 bits per heavy atom. The van der Waals surface area contributed by atoms with Gasteiger partial charge in [-0.05, 0) is 54.7 Å². The van der Waals surface area contributed by atoms with Gasteiger partial charge in [-0.3, -0.25) is 9.59 Å². The molecule has 1 aromatic heterocycles.